The summed E-state index contributed by atoms with van der Waals surface area (Å²) < 4.78 is 10.7. The zero-order chi connectivity index (χ0) is 15.9. The number of carbonyl (C=O) groups is 1. The Kier molecular flexibility index (Phi) is 6.03. The van der Waals surface area contributed by atoms with Crippen LogP contribution in [0.3, 0.4) is 0 Å². The monoisotopic (exact) mass is 322 g/mol. The van der Waals surface area contributed by atoms with E-state index >= 15 is 0 Å². The number of ether oxygens (including phenoxy) is 1. The van der Waals surface area contributed by atoms with Crippen molar-refractivity contribution in [1.82, 2.24) is 10.2 Å². The van der Waals surface area contributed by atoms with Crippen molar-refractivity contribution in [3.05, 3.63) is 46.0 Å². The van der Waals surface area contributed by atoms with E-state index < -0.39 is 0 Å². The predicted octanol–water partition coefficient (Wildman–Crippen LogP) is 3.57. The number of aryl methyl sites for hydroxylation is 1. The van der Waals surface area contributed by atoms with Crippen molar-refractivity contribution in [3.8, 4) is 0 Å². The molecule has 1 atom stereocenters. The number of nitrogens with zero attached hydrogens (tertiary/aromatic N) is 1. The SMILES string of the molecule is COCCN(Cc1cccs1)C(=O)N[C@@H](C)c1ccc(C)o1. The fourth-order valence-corrected chi connectivity index (χ4v) is 2.80. The number of urea groups is 1. The van der Waals surface area contributed by atoms with E-state index in [0.717, 1.165) is 16.4 Å². The van der Waals surface area contributed by atoms with Crippen LogP contribution in [0.2, 0.25) is 0 Å². The summed E-state index contributed by atoms with van der Waals surface area (Å²) in [6.45, 7) is 5.43. The minimum Gasteiger partial charge on any atom is -0.464 e. The van der Waals surface area contributed by atoms with Gasteiger partial charge in [0.1, 0.15) is 11.5 Å². The van der Waals surface area contributed by atoms with Crippen molar-refractivity contribution in [2.45, 2.75) is 26.4 Å². The van der Waals surface area contributed by atoms with E-state index in [0.29, 0.717) is 19.7 Å². The molecule has 0 bridgehead atoms. The number of hydrogen-bond donors (Lipinski definition) is 1. The summed E-state index contributed by atoms with van der Waals surface area (Å²) in [6, 6.07) is 7.50. The topological polar surface area (TPSA) is 54.7 Å². The van der Waals surface area contributed by atoms with Crippen LogP contribution in [0.15, 0.2) is 34.1 Å². The van der Waals surface area contributed by atoms with E-state index in [9.17, 15) is 4.79 Å². The van der Waals surface area contributed by atoms with Gasteiger partial charge in [-0.2, -0.15) is 0 Å². The molecule has 2 amide bonds. The van der Waals surface area contributed by atoms with Crippen LogP contribution in [0.25, 0.3) is 0 Å². The van der Waals surface area contributed by atoms with Gasteiger partial charge in [-0.25, -0.2) is 4.79 Å². The van der Waals surface area contributed by atoms with E-state index in [-0.39, 0.29) is 12.1 Å². The first-order valence-corrected chi connectivity index (χ1v) is 8.11. The Morgan fingerprint density at radius 2 is 2.27 bits per heavy atom. The van der Waals surface area contributed by atoms with Crippen LogP contribution in [-0.4, -0.2) is 31.2 Å². The van der Waals surface area contributed by atoms with Gasteiger partial charge in [0.2, 0.25) is 0 Å². The van der Waals surface area contributed by atoms with Gasteiger partial charge in [-0.15, -0.1) is 11.3 Å². The number of amides is 2. The van der Waals surface area contributed by atoms with Gasteiger partial charge in [-0.1, -0.05) is 6.07 Å². The lowest BCUT2D eigenvalue weighted by atomic mass is 10.2. The predicted molar refractivity (Wildman–Crippen MR) is 87.0 cm³/mol. The zero-order valence-electron chi connectivity index (χ0n) is 13.2. The summed E-state index contributed by atoms with van der Waals surface area (Å²) in [5.41, 5.74) is 0. The second-order valence-electron chi connectivity index (χ2n) is 5.11. The number of thiophene rings is 1. The lowest BCUT2D eigenvalue weighted by Crippen LogP contribution is -2.42. The van der Waals surface area contributed by atoms with E-state index in [1.54, 1.807) is 23.3 Å². The van der Waals surface area contributed by atoms with E-state index in [1.807, 2.05) is 43.5 Å². The first-order chi connectivity index (χ1) is 10.6. The molecule has 5 nitrogen and oxygen atoms in total. The molecule has 0 fully saturated rings. The summed E-state index contributed by atoms with van der Waals surface area (Å²) in [4.78, 5) is 15.4. The number of methoxy groups -OCH3 is 1. The number of furan rings is 1. The van der Waals surface area contributed by atoms with Crippen molar-refractivity contribution >= 4 is 17.4 Å². The Morgan fingerprint density at radius 1 is 1.45 bits per heavy atom. The summed E-state index contributed by atoms with van der Waals surface area (Å²) in [5, 5.41) is 4.98. The van der Waals surface area contributed by atoms with Gasteiger partial charge in [0.15, 0.2) is 0 Å². The third-order valence-corrected chi connectivity index (χ3v) is 4.17. The maximum atomic E-state index is 12.5. The summed E-state index contributed by atoms with van der Waals surface area (Å²) in [6.07, 6.45) is 0. The number of rotatable bonds is 7. The molecule has 6 heteroatoms. The average molecular weight is 322 g/mol. The Hall–Kier alpha value is -1.79. The minimum absolute atomic E-state index is 0.119. The molecule has 2 heterocycles. The molecule has 0 aliphatic heterocycles. The van der Waals surface area contributed by atoms with Crippen LogP contribution in [0.5, 0.6) is 0 Å². The second-order valence-corrected chi connectivity index (χ2v) is 6.15. The van der Waals surface area contributed by atoms with E-state index in [4.69, 9.17) is 9.15 Å². The van der Waals surface area contributed by atoms with E-state index in [1.165, 1.54) is 0 Å². The van der Waals surface area contributed by atoms with Gasteiger partial charge in [-0.05, 0) is 37.4 Å². The molecular weight excluding hydrogens is 300 g/mol. The first-order valence-electron chi connectivity index (χ1n) is 7.23. The zero-order valence-corrected chi connectivity index (χ0v) is 14.0. The lowest BCUT2D eigenvalue weighted by molar-refractivity contribution is 0.145. The molecular formula is C16H22N2O3S. The third kappa shape index (κ3) is 4.61. The second kappa shape index (κ2) is 8.00. The Morgan fingerprint density at radius 3 is 2.86 bits per heavy atom. The highest BCUT2D eigenvalue weighted by atomic mass is 32.1. The van der Waals surface area contributed by atoms with Gasteiger partial charge < -0.3 is 19.4 Å². The van der Waals surface area contributed by atoms with Gasteiger partial charge >= 0.3 is 6.03 Å². The lowest BCUT2D eigenvalue weighted by Gasteiger charge is -2.24. The van der Waals surface area contributed by atoms with Crippen LogP contribution in [0, 0.1) is 6.92 Å². The van der Waals surface area contributed by atoms with Gasteiger partial charge in [0.05, 0.1) is 19.2 Å². The molecule has 0 radical (unpaired) electrons. The van der Waals surface area contributed by atoms with Crippen molar-refractivity contribution in [1.29, 1.82) is 0 Å². The highest BCUT2D eigenvalue weighted by Gasteiger charge is 2.18. The Balaban J connectivity index is 1.98. The molecule has 0 aromatic carbocycles. The van der Waals surface area contributed by atoms with E-state index in [2.05, 4.69) is 5.32 Å². The Bertz CT molecular complexity index is 580. The standard InChI is InChI=1S/C16H22N2O3S/c1-12-6-7-15(21-12)13(2)17-16(19)18(8-9-20-3)11-14-5-4-10-22-14/h4-7,10,13H,8-9,11H2,1-3H3,(H,17,19)/t13-/m0/s1. The van der Waals surface area contributed by atoms with Gasteiger partial charge in [-0.3, -0.25) is 0 Å². The largest absolute Gasteiger partial charge is 0.464 e. The van der Waals surface area contributed by atoms with Crippen LogP contribution < -0.4 is 5.32 Å². The normalized spacial score (nSPS) is 12.1. The molecule has 2 aromatic heterocycles. The highest BCUT2D eigenvalue weighted by Crippen LogP contribution is 2.17. The fraction of sp³-hybridized carbons (Fsp3) is 0.438. The smallest absolute Gasteiger partial charge is 0.318 e. The van der Waals surface area contributed by atoms with Crippen LogP contribution in [-0.2, 0) is 11.3 Å². The molecule has 1 N–H and O–H groups in total. The maximum Gasteiger partial charge on any atom is 0.318 e. The number of hydrogen-bond acceptors (Lipinski definition) is 4. The molecule has 0 saturated carbocycles. The fourth-order valence-electron chi connectivity index (χ4n) is 2.08. The van der Waals surface area contributed by atoms with Crippen molar-refractivity contribution in [3.63, 3.8) is 0 Å². The minimum atomic E-state index is -0.172. The van der Waals surface area contributed by atoms with Gasteiger partial charge in [0.25, 0.3) is 0 Å². The highest BCUT2D eigenvalue weighted by molar-refractivity contribution is 7.09. The van der Waals surface area contributed by atoms with Crippen molar-refractivity contribution < 1.29 is 13.9 Å². The maximum absolute atomic E-state index is 12.5. The third-order valence-electron chi connectivity index (χ3n) is 3.31. The summed E-state index contributed by atoms with van der Waals surface area (Å²) >= 11 is 1.64. The van der Waals surface area contributed by atoms with Crippen LogP contribution in [0.1, 0.15) is 29.4 Å². The van der Waals surface area contributed by atoms with Crippen molar-refractivity contribution in [2.75, 3.05) is 20.3 Å². The molecule has 2 aromatic rings. The molecule has 120 valence electrons. The molecule has 2 rings (SSSR count). The van der Waals surface area contributed by atoms with Gasteiger partial charge in [0, 0.05) is 18.5 Å². The number of nitrogens with one attached hydrogen (secondary N) is 1. The molecule has 0 saturated heterocycles. The molecule has 22 heavy (non-hydrogen) atoms. The number of carbonyl (C=O) groups excluding carboxylic acids is 1. The van der Waals surface area contributed by atoms with Crippen LogP contribution in [0.4, 0.5) is 4.79 Å². The molecule has 0 aliphatic carbocycles. The van der Waals surface area contributed by atoms with Crippen molar-refractivity contribution in [2.24, 2.45) is 0 Å². The van der Waals surface area contributed by atoms with Crippen LogP contribution >= 0.6 is 11.3 Å². The first kappa shape index (κ1) is 16.6. The molecule has 0 unspecified atom stereocenters. The Labute approximate surface area is 134 Å². The molecule has 0 aliphatic rings. The molecule has 0 spiro atoms. The summed E-state index contributed by atoms with van der Waals surface area (Å²) in [5.74, 6) is 1.60. The summed E-state index contributed by atoms with van der Waals surface area (Å²) in [7, 11) is 1.63. The quantitative estimate of drug-likeness (QED) is 0.848. The average Bonchev–Trinajstić information content (AvgIpc) is 3.14.